The van der Waals surface area contributed by atoms with Crippen LogP contribution in [0.5, 0.6) is 0 Å². The molecule has 2 aliphatic heterocycles. The van der Waals surface area contributed by atoms with Crippen molar-refractivity contribution in [2.45, 2.75) is 57.7 Å². The molecule has 1 saturated heterocycles. The molecule has 1 fully saturated rings. The summed E-state index contributed by atoms with van der Waals surface area (Å²) in [6, 6.07) is 11.1. The zero-order valence-electron chi connectivity index (χ0n) is 13.3. The molecular weight excluding hydrogens is 254 g/mol. The first kappa shape index (κ1) is 13.3. The van der Waals surface area contributed by atoms with Crippen molar-refractivity contribution in [2.24, 2.45) is 5.92 Å². The van der Waals surface area contributed by atoms with Crippen LogP contribution >= 0.6 is 0 Å². The van der Waals surface area contributed by atoms with Crippen LogP contribution in [0, 0.1) is 5.92 Å². The van der Waals surface area contributed by atoms with Crippen LogP contribution < -0.4 is 0 Å². The molecule has 1 unspecified atom stereocenters. The van der Waals surface area contributed by atoms with Crippen molar-refractivity contribution < 1.29 is 0 Å². The first-order chi connectivity index (χ1) is 10.2. The van der Waals surface area contributed by atoms with Crippen LogP contribution in [0.3, 0.4) is 0 Å². The Bertz CT molecular complexity index is 610. The average molecular weight is 279 g/mol. The highest BCUT2D eigenvalue weighted by Crippen LogP contribution is 2.50. The summed E-state index contributed by atoms with van der Waals surface area (Å²) < 4.78 is 0. The summed E-state index contributed by atoms with van der Waals surface area (Å²) in [5, 5.41) is 0. The van der Waals surface area contributed by atoms with E-state index in [1.54, 1.807) is 16.7 Å². The molecule has 110 valence electrons. The molecule has 1 aromatic carbocycles. The van der Waals surface area contributed by atoms with Crippen molar-refractivity contribution in [2.75, 3.05) is 0 Å². The number of hydrogen-bond donors (Lipinski definition) is 0. The molecule has 0 aromatic heterocycles. The Morgan fingerprint density at radius 3 is 2.81 bits per heavy atom. The van der Waals surface area contributed by atoms with Crippen molar-refractivity contribution >= 4 is 0 Å². The first-order valence-electron chi connectivity index (χ1n) is 8.40. The van der Waals surface area contributed by atoms with E-state index in [4.69, 9.17) is 0 Å². The Balaban J connectivity index is 1.92. The van der Waals surface area contributed by atoms with Gasteiger partial charge in [0.15, 0.2) is 0 Å². The first-order valence-corrected chi connectivity index (χ1v) is 8.40. The Hall–Kier alpha value is -1.34. The fourth-order valence-corrected chi connectivity index (χ4v) is 5.13. The lowest BCUT2D eigenvalue weighted by molar-refractivity contribution is 0.0433. The van der Waals surface area contributed by atoms with Gasteiger partial charge in [0.1, 0.15) is 0 Å². The number of hydrogen-bond acceptors (Lipinski definition) is 1. The molecule has 2 bridgehead atoms. The lowest BCUT2D eigenvalue weighted by Gasteiger charge is -2.51. The quantitative estimate of drug-likeness (QED) is 0.740. The maximum Gasteiger partial charge on any atom is 0.0211 e. The zero-order valence-corrected chi connectivity index (χ0v) is 13.3. The Labute approximate surface area is 128 Å². The van der Waals surface area contributed by atoms with Crippen LogP contribution in [0.4, 0.5) is 0 Å². The van der Waals surface area contributed by atoms with Gasteiger partial charge in [-0.1, -0.05) is 48.1 Å². The Kier molecular flexibility index (Phi) is 3.08. The van der Waals surface area contributed by atoms with Gasteiger partial charge in [-0.2, -0.15) is 0 Å². The van der Waals surface area contributed by atoms with Crippen LogP contribution in [0.15, 0.2) is 48.1 Å². The third-order valence-electron chi connectivity index (χ3n) is 5.82. The van der Waals surface area contributed by atoms with E-state index in [1.165, 1.54) is 12.8 Å². The van der Waals surface area contributed by atoms with Gasteiger partial charge in [0.05, 0.1) is 0 Å². The number of rotatable bonds is 1. The normalized spacial score (nSPS) is 34.4. The van der Waals surface area contributed by atoms with Gasteiger partial charge in [0.2, 0.25) is 0 Å². The highest BCUT2D eigenvalue weighted by Gasteiger charge is 2.48. The lowest BCUT2D eigenvalue weighted by atomic mass is 9.71. The van der Waals surface area contributed by atoms with Gasteiger partial charge in [0.25, 0.3) is 0 Å². The fourth-order valence-electron chi connectivity index (χ4n) is 5.13. The van der Waals surface area contributed by atoms with Gasteiger partial charge in [-0.15, -0.1) is 0 Å². The maximum absolute atomic E-state index is 2.80. The van der Waals surface area contributed by atoms with Gasteiger partial charge in [-0.05, 0) is 44.7 Å². The second-order valence-corrected chi connectivity index (χ2v) is 7.17. The summed E-state index contributed by atoms with van der Waals surface area (Å²) in [7, 11) is 0. The monoisotopic (exact) mass is 279 g/mol. The standard InChI is InChI=1S/C20H25N/c1-13(2)21-14(3)20-16-9-5-4-8-15(16)12-19(21)17-10-6-7-11-18(17)20/h4-9,11,13-14,17,19-20H,10,12H2,1-3H3/t14-,17-,19+,20?/m0/s1. The molecule has 5 rings (SSSR count). The summed E-state index contributed by atoms with van der Waals surface area (Å²) in [5.41, 5.74) is 4.86. The van der Waals surface area contributed by atoms with E-state index in [1.807, 2.05) is 0 Å². The third-order valence-corrected chi connectivity index (χ3v) is 5.82. The molecule has 1 nitrogen and oxygen atoms in total. The Morgan fingerprint density at radius 1 is 1.19 bits per heavy atom. The molecule has 2 aliphatic carbocycles. The molecular formula is C20H25N. The topological polar surface area (TPSA) is 3.24 Å². The van der Waals surface area contributed by atoms with Gasteiger partial charge in [0, 0.05) is 30.0 Å². The van der Waals surface area contributed by atoms with Crippen molar-refractivity contribution in [1.29, 1.82) is 0 Å². The van der Waals surface area contributed by atoms with E-state index in [0.29, 0.717) is 30.0 Å². The van der Waals surface area contributed by atoms with Gasteiger partial charge < -0.3 is 0 Å². The molecule has 1 heteroatoms. The van der Waals surface area contributed by atoms with E-state index in [0.717, 1.165) is 0 Å². The molecule has 4 atom stereocenters. The van der Waals surface area contributed by atoms with E-state index in [9.17, 15) is 0 Å². The summed E-state index contributed by atoms with van der Waals surface area (Å²) in [5.74, 6) is 1.29. The number of fused-ring (bicyclic) bond motifs is 1. The molecule has 0 amide bonds. The summed E-state index contributed by atoms with van der Waals surface area (Å²) in [4.78, 5) is 2.80. The highest BCUT2D eigenvalue weighted by atomic mass is 15.2. The van der Waals surface area contributed by atoms with Gasteiger partial charge >= 0.3 is 0 Å². The molecule has 4 aliphatic rings. The van der Waals surface area contributed by atoms with Crippen molar-refractivity contribution in [3.8, 4) is 0 Å². The molecule has 1 aromatic rings. The number of piperidine rings is 1. The molecule has 0 saturated carbocycles. The molecule has 0 spiro atoms. The minimum Gasteiger partial charge on any atom is -0.293 e. The van der Waals surface area contributed by atoms with E-state index in [2.05, 4.69) is 68.2 Å². The van der Waals surface area contributed by atoms with Crippen LogP contribution in [0.2, 0.25) is 0 Å². The number of allylic oxidation sites excluding steroid dienone is 3. The van der Waals surface area contributed by atoms with Crippen LogP contribution in [0.1, 0.15) is 44.2 Å². The van der Waals surface area contributed by atoms with E-state index in [-0.39, 0.29) is 0 Å². The van der Waals surface area contributed by atoms with Crippen LogP contribution in [0.25, 0.3) is 0 Å². The summed E-state index contributed by atoms with van der Waals surface area (Å²) in [6.07, 6.45) is 9.49. The Morgan fingerprint density at radius 2 is 2.00 bits per heavy atom. The second-order valence-electron chi connectivity index (χ2n) is 7.17. The van der Waals surface area contributed by atoms with Gasteiger partial charge in [-0.25, -0.2) is 0 Å². The predicted molar refractivity (Wildman–Crippen MR) is 88.4 cm³/mol. The van der Waals surface area contributed by atoms with E-state index < -0.39 is 0 Å². The lowest BCUT2D eigenvalue weighted by Crippen LogP contribution is -2.56. The molecule has 2 heterocycles. The van der Waals surface area contributed by atoms with Crippen LogP contribution in [-0.4, -0.2) is 23.0 Å². The number of benzene rings is 1. The maximum atomic E-state index is 2.80. The van der Waals surface area contributed by atoms with Crippen LogP contribution in [-0.2, 0) is 6.42 Å². The fraction of sp³-hybridized carbons (Fsp3) is 0.500. The van der Waals surface area contributed by atoms with Crippen molar-refractivity contribution in [1.82, 2.24) is 4.90 Å². The summed E-state index contributed by atoms with van der Waals surface area (Å²) >= 11 is 0. The number of nitrogens with zero attached hydrogens (tertiary/aromatic N) is 1. The molecule has 0 N–H and O–H groups in total. The third kappa shape index (κ3) is 1.87. The van der Waals surface area contributed by atoms with Gasteiger partial charge in [-0.3, -0.25) is 4.90 Å². The minimum atomic E-state index is 0.581. The second kappa shape index (κ2) is 4.84. The van der Waals surface area contributed by atoms with Crippen molar-refractivity contribution in [3.63, 3.8) is 0 Å². The zero-order chi connectivity index (χ0) is 14.6. The minimum absolute atomic E-state index is 0.581. The SMILES string of the molecule is CC(C)N1[C@@H]2Cc3ccccc3C(C3=CC=CC[C@@H]32)[C@@H]1C. The van der Waals surface area contributed by atoms with E-state index >= 15 is 0 Å². The highest BCUT2D eigenvalue weighted by molar-refractivity contribution is 5.46. The summed E-state index contributed by atoms with van der Waals surface area (Å²) in [6.45, 7) is 7.17. The predicted octanol–water partition coefficient (Wildman–Crippen LogP) is 4.31. The largest absolute Gasteiger partial charge is 0.293 e. The smallest absolute Gasteiger partial charge is 0.0211 e. The molecule has 0 radical (unpaired) electrons. The molecule has 21 heavy (non-hydrogen) atoms. The average Bonchev–Trinajstić information content (AvgIpc) is 2.70. The van der Waals surface area contributed by atoms with Crippen molar-refractivity contribution in [3.05, 3.63) is 59.2 Å².